The normalized spacial score (nSPS) is 13.3. The monoisotopic (exact) mass is 215 g/mol. The van der Waals surface area contributed by atoms with Gasteiger partial charge in [0.25, 0.3) is 0 Å². The maximum atomic E-state index is 10.6. The molecule has 4 heteroatoms. The molecule has 1 atom stereocenters. The zero-order chi connectivity index (χ0) is 11.9. The van der Waals surface area contributed by atoms with Gasteiger partial charge in [0.05, 0.1) is 6.61 Å². The molecule has 0 aromatic heterocycles. The van der Waals surface area contributed by atoms with Crippen LogP contribution in [0.1, 0.15) is 33.1 Å². The van der Waals surface area contributed by atoms with Crippen LogP contribution in [0.2, 0.25) is 0 Å². The van der Waals surface area contributed by atoms with Crippen LogP contribution in [-0.4, -0.2) is 23.9 Å². The van der Waals surface area contributed by atoms with Crippen molar-refractivity contribution in [2.45, 2.75) is 39.2 Å². The molecule has 0 radical (unpaired) electrons. The van der Waals surface area contributed by atoms with Crippen LogP contribution in [0, 0.1) is 5.41 Å². The number of ether oxygens (including phenoxy) is 1. The standard InChI is InChI=1S/C11H21NO3/c1-4-5-6-7-11(2,3)9(8-13)15-10(12)14/h4,9,13H,1,5-8H2,2-3H3,(H2,12,14)/t9-/m1/s1. The average molecular weight is 215 g/mol. The predicted molar refractivity (Wildman–Crippen MR) is 59.4 cm³/mol. The smallest absolute Gasteiger partial charge is 0.404 e. The lowest BCUT2D eigenvalue weighted by Crippen LogP contribution is -2.38. The van der Waals surface area contributed by atoms with Crippen molar-refractivity contribution in [3.8, 4) is 0 Å². The number of amides is 1. The molecule has 0 heterocycles. The number of carbonyl (C=O) groups excluding carboxylic acids is 1. The molecule has 0 aliphatic carbocycles. The Balaban J connectivity index is 4.23. The van der Waals surface area contributed by atoms with E-state index in [-0.39, 0.29) is 12.0 Å². The van der Waals surface area contributed by atoms with Crippen LogP contribution >= 0.6 is 0 Å². The number of aliphatic hydroxyl groups is 1. The molecule has 0 unspecified atom stereocenters. The SMILES string of the molecule is C=CCCCC(C)(C)[C@@H](CO)OC(N)=O. The van der Waals surface area contributed by atoms with Gasteiger partial charge in [-0.05, 0) is 19.3 Å². The first-order chi connectivity index (χ1) is 6.94. The molecule has 0 rings (SSSR count). The number of rotatable bonds is 7. The highest BCUT2D eigenvalue weighted by molar-refractivity contribution is 5.64. The molecule has 0 fully saturated rings. The highest BCUT2D eigenvalue weighted by Crippen LogP contribution is 2.29. The van der Waals surface area contributed by atoms with Crippen LogP contribution in [0.4, 0.5) is 4.79 Å². The highest BCUT2D eigenvalue weighted by atomic mass is 16.6. The number of allylic oxidation sites excluding steroid dienone is 1. The molecule has 0 spiro atoms. The van der Waals surface area contributed by atoms with Crippen molar-refractivity contribution in [2.24, 2.45) is 11.1 Å². The summed E-state index contributed by atoms with van der Waals surface area (Å²) in [5, 5.41) is 9.11. The fourth-order valence-electron chi connectivity index (χ4n) is 1.45. The molecule has 0 aliphatic rings. The first-order valence-corrected chi connectivity index (χ1v) is 5.12. The number of nitrogens with two attached hydrogens (primary N) is 1. The van der Waals surface area contributed by atoms with E-state index in [1.165, 1.54) is 0 Å². The summed E-state index contributed by atoms with van der Waals surface area (Å²) in [4.78, 5) is 10.6. The van der Waals surface area contributed by atoms with E-state index in [0.717, 1.165) is 19.3 Å². The Bertz CT molecular complexity index is 214. The molecule has 0 bridgehead atoms. The van der Waals surface area contributed by atoms with E-state index in [1.807, 2.05) is 19.9 Å². The number of primary amides is 1. The molecule has 0 saturated heterocycles. The highest BCUT2D eigenvalue weighted by Gasteiger charge is 2.31. The van der Waals surface area contributed by atoms with Crippen molar-refractivity contribution < 1.29 is 14.6 Å². The minimum atomic E-state index is -0.842. The Morgan fingerprint density at radius 1 is 1.67 bits per heavy atom. The van der Waals surface area contributed by atoms with E-state index in [4.69, 9.17) is 15.6 Å². The lowest BCUT2D eigenvalue weighted by molar-refractivity contribution is -0.0136. The van der Waals surface area contributed by atoms with Gasteiger partial charge >= 0.3 is 6.09 Å². The van der Waals surface area contributed by atoms with Crippen molar-refractivity contribution >= 4 is 6.09 Å². The van der Waals surface area contributed by atoms with Crippen LogP contribution in [0.5, 0.6) is 0 Å². The van der Waals surface area contributed by atoms with Crippen LogP contribution in [0.25, 0.3) is 0 Å². The quantitative estimate of drug-likeness (QED) is 0.502. The van der Waals surface area contributed by atoms with Gasteiger partial charge in [0.15, 0.2) is 0 Å². The molecule has 0 aromatic carbocycles. The summed E-state index contributed by atoms with van der Waals surface area (Å²) in [5.74, 6) is 0. The first kappa shape index (κ1) is 14.0. The van der Waals surface area contributed by atoms with E-state index >= 15 is 0 Å². The Labute approximate surface area is 91.1 Å². The Morgan fingerprint density at radius 3 is 2.67 bits per heavy atom. The van der Waals surface area contributed by atoms with Crippen LogP contribution in [0.15, 0.2) is 12.7 Å². The third kappa shape index (κ3) is 5.42. The summed E-state index contributed by atoms with van der Waals surface area (Å²) < 4.78 is 4.86. The zero-order valence-corrected chi connectivity index (χ0v) is 9.53. The van der Waals surface area contributed by atoms with Gasteiger partial charge in [0.2, 0.25) is 0 Å². The summed E-state index contributed by atoms with van der Waals surface area (Å²) in [6.45, 7) is 7.32. The van der Waals surface area contributed by atoms with E-state index in [1.54, 1.807) is 0 Å². The fourth-order valence-corrected chi connectivity index (χ4v) is 1.45. The predicted octanol–water partition coefficient (Wildman–Crippen LogP) is 1.83. The van der Waals surface area contributed by atoms with Crippen molar-refractivity contribution in [1.29, 1.82) is 0 Å². The average Bonchev–Trinajstić information content (AvgIpc) is 2.14. The molecule has 88 valence electrons. The maximum absolute atomic E-state index is 10.6. The maximum Gasteiger partial charge on any atom is 0.404 e. The minimum Gasteiger partial charge on any atom is -0.443 e. The fraction of sp³-hybridized carbons (Fsp3) is 0.727. The lowest BCUT2D eigenvalue weighted by atomic mass is 9.81. The number of aliphatic hydroxyl groups excluding tert-OH is 1. The summed E-state index contributed by atoms with van der Waals surface area (Å²) in [5.41, 5.74) is 4.66. The second-order valence-corrected chi connectivity index (χ2v) is 4.28. The van der Waals surface area contributed by atoms with E-state index in [9.17, 15) is 4.79 Å². The molecule has 1 amide bonds. The second kappa shape index (κ2) is 6.45. The summed E-state index contributed by atoms with van der Waals surface area (Å²) in [7, 11) is 0. The van der Waals surface area contributed by atoms with Gasteiger partial charge in [-0.3, -0.25) is 0 Å². The first-order valence-electron chi connectivity index (χ1n) is 5.12. The Hall–Kier alpha value is -1.03. The van der Waals surface area contributed by atoms with Crippen LogP contribution < -0.4 is 5.73 Å². The number of hydrogen-bond acceptors (Lipinski definition) is 3. The van der Waals surface area contributed by atoms with Gasteiger partial charge in [-0.2, -0.15) is 0 Å². The zero-order valence-electron chi connectivity index (χ0n) is 9.53. The molecule has 0 saturated carbocycles. The van der Waals surface area contributed by atoms with Gasteiger partial charge in [0, 0.05) is 5.41 Å². The van der Waals surface area contributed by atoms with Gasteiger partial charge in [0.1, 0.15) is 6.10 Å². The molecule has 15 heavy (non-hydrogen) atoms. The molecular weight excluding hydrogens is 194 g/mol. The molecule has 3 N–H and O–H groups in total. The Morgan fingerprint density at radius 2 is 2.27 bits per heavy atom. The topological polar surface area (TPSA) is 72.6 Å². The van der Waals surface area contributed by atoms with Crippen molar-refractivity contribution in [3.05, 3.63) is 12.7 Å². The summed E-state index contributed by atoms with van der Waals surface area (Å²) >= 11 is 0. The van der Waals surface area contributed by atoms with Gasteiger partial charge in [-0.25, -0.2) is 4.79 Å². The van der Waals surface area contributed by atoms with Gasteiger partial charge < -0.3 is 15.6 Å². The lowest BCUT2D eigenvalue weighted by Gasteiger charge is -2.32. The largest absolute Gasteiger partial charge is 0.443 e. The van der Waals surface area contributed by atoms with E-state index < -0.39 is 12.2 Å². The third-order valence-corrected chi connectivity index (χ3v) is 2.53. The summed E-state index contributed by atoms with van der Waals surface area (Å²) in [6.07, 6.45) is 3.18. The van der Waals surface area contributed by atoms with Gasteiger partial charge in [-0.1, -0.05) is 19.9 Å². The summed E-state index contributed by atoms with van der Waals surface area (Å²) in [6, 6.07) is 0. The van der Waals surface area contributed by atoms with Crippen molar-refractivity contribution in [1.82, 2.24) is 0 Å². The molecule has 4 nitrogen and oxygen atoms in total. The number of hydrogen-bond donors (Lipinski definition) is 2. The second-order valence-electron chi connectivity index (χ2n) is 4.28. The van der Waals surface area contributed by atoms with Gasteiger partial charge in [-0.15, -0.1) is 6.58 Å². The van der Waals surface area contributed by atoms with Crippen molar-refractivity contribution in [2.75, 3.05) is 6.61 Å². The van der Waals surface area contributed by atoms with Crippen LogP contribution in [0.3, 0.4) is 0 Å². The van der Waals surface area contributed by atoms with E-state index in [0.29, 0.717) is 0 Å². The number of unbranched alkanes of at least 4 members (excludes halogenated alkanes) is 1. The molecule has 0 aromatic rings. The molecule has 0 aliphatic heterocycles. The Kier molecular flexibility index (Phi) is 6.01. The van der Waals surface area contributed by atoms with E-state index in [2.05, 4.69) is 6.58 Å². The molecular formula is C11H21NO3. The number of carbonyl (C=O) groups is 1. The van der Waals surface area contributed by atoms with Crippen molar-refractivity contribution in [3.63, 3.8) is 0 Å². The van der Waals surface area contributed by atoms with Crippen LogP contribution in [-0.2, 0) is 4.74 Å². The third-order valence-electron chi connectivity index (χ3n) is 2.53. The minimum absolute atomic E-state index is 0.204.